The molecule has 0 fully saturated rings. The van der Waals surface area contributed by atoms with Gasteiger partial charge in [0, 0.05) is 17.8 Å². The van der Waals surface area contributed by atoms with Gasteiger partial charge in [-0.3, -0.25) is 9.78 Å². The molecule has 1 rings (SSSR count). The van der Waals surface area contributed by atoms with Gasteiger partial charge in [0.15, 0.2) is 0 Å². The van der Waals surface area contributed by atoms with Crippen LogP contribution in [0, 0.1) is 0 Å². The first-order valence-corrected chi connectivity index (χ1v) is 4.91. The van der Waals surface area contributed by atoms with Crippen molar-refractivity contribution in [3.8, 4) is 0 Å². The number of aromatic nitrogens is 1. The van der Waals surface area contributed by atoms with E-state index >= 15 is 0 Å². The highest BCUT2D eigenvalue weighted by molar-refractivity contribution is 9.10. The van der Waals surface area contributed by atoms with E-state index in [-0.39, 0.29) is 5.91 Å². The fourth-order valence-corrected chi connectivity index (χ4v) is 1.26. The minimum absolute atomic E-state index is 0.0771. The Labute approximate surface area is 90.8 Å². The summed E-state index contributed by atoms with van der Waals surface area (Å²) in [6, 6.07) is 1.79. The molecule has 1 aromatic heterocycles. The van der Waals surface area contributed by atoms with Crippen LogP contribution in [-0.4, -0.2) is 24.6 Å². The SMILES string of the molecule is COCCC(=O)Nc1cncc(Br)c1. The number of pyridine rings is 1. The Kier molecular flexibility index (Phi) is 4.55. The van der Waals surface area contributed by atoms with Gasteiger partial charge in [-0.05, 0) is 22.0 Å². The second-order valence-electron chi connectivity index (χ2n) is 2.68. The Hall–Kier alpha value is -0.940. The van der Waals surface area contributed by atoms with E-state index in [1.165, 1.54) is 0 Å². The largest absolute Gasteiger partial charge is 0.384 e. The number of ether oxygens (including phenoxy) is 1. The molecule has 1 amide bonds. The maximum atomic E-state index is 11.2. The molecule has 4 nitrogen and oxygen atoms in total. The monoisotopic (exact) mass is 258 g/mol. The summed E-state index contributed by atoms with van der Waals surface area (Å²) in [6.45, 7) is 0.424. The van der Waals surface area contributed by atoms with Crippen LogP contribution in [0.25, 0.3) is 0 Å². The lowest BCUT2D eigenvalue weighted by Crippen LogP contribution is -2.13. The first-order chi connectivity index (χ1) is 6.72. The summed E-state index contributed by atoms with van der Waals surface area (Å²) < 4.78 is 5.62. The van der Waals surface area contributed by atoms with E-state index in [1.54, 1.807) is 25.6 Å². The van der Waals surface area contributed by atoms with Gasteiger partial charge < -0.3 is 10.1 Å². The van der Waals surface area contributed by atoms with Gasteiger partial charge in [0.25, 0.3) is 0 Å². The first-order valence-electron chi connectivity index (χ1n) is 4.11. The fourth-order valence-electron chi connectivity index (χ4n) is 0.898. The van der Waals surface area contributed by atoms with Crippen LogP contribution in [0.5, 0.6) is 0 Å². The average molecular weight is 259 g/mol. The molecule has 0 aliphatic rings. The average Bonchev–Trinajstić information content (AvgIpc) is 2.15. The van der Waals surface area contributed by atoms with Crippen molar-refractivity contribution in [2.45, 2.75) is 6.42 Å². The van der Waals surface area contributed by atoms with Gasteiger partial charge in [-0.25, -0.2) is 0 Å². The molecule has 1 aromatic rings. The number of nitrogens with zero attached hydrogens (tertiary/aromatic N) is 1. The second kappa shape index (κ2) is 5.72. The van der Waals surface area contributed by atoms with Gasteiger partial charge in [0.05, 0.1) is 24.9 Å². The van der Waals surface area contributed by atoms with Crippen molar-refractivity contribution in [2.24, 2.45) is 0 Å². The fraction of sp³-hybridized carbons (Fsp3) is 0.333. The molecular weight excluding hydrogens is 248 g/mol. The Morgan fingerprint density at radius 3 is 3.07 bits per heavy atom. The molecule has 0 saturated carbocycles. The van der Waals surface area contributed by atoms with E-state index < -0.39 is 0 Å². The van der Waals surface area contributed by atoms with Gasteiger partial charge in [0.2, 0.25) is 5.91 Å². The van der Waals surface area contributed by atoms with Gasteiger partial charge in [0.1, 0.15) is 0 Å². The van der Waals surface area contributed by atoms with E-state index in [9.17, 15) is 4.79 Å². The predicted molar refractivity (Wildman–Crippen MR) is 57.1 cm³/mol. The third-order valence-electron chi connectivity index (χ3n) is 1.52. The van der Waals surface area contributed by atoms with Crippen LogP contribution in [0.3, 0.4) is 0 Å². The summed E-state index contributed by atoms with van der Waals surface area (Å²) in [4.78, 5) is 15.2. The molecule has 14 heavy (non-hydrogen) atoms. The zero-order valence-corrected chi connectivity index (χ0v) is 9.37. The maximum Gasteiger partial charge on any atom is 0.226 e. The van der Waals surface area contributed by atoms with Crippen LogP contribution in [-0.2, 0) is 9.53 Å². The number of methoxy groups -OCH3 is 1. The Bertz CT molecular complexity index is 317. The van der Waals surface area contributed by atoms with E-state index in [2.05, 4.69) is 26.2 Å². The number of hydrogen-bond acceptors (Lipinski definition) is 3. The topological polar surface area (TPSA) is 51.2 Å². The molecule has 0 atom stereocenters. The summed E-state index contributed by atoms with van der Waals surface area (Å²) in [5, 5.41) is 2.71. The summed E-state index contributed by atoms with van der Waals surface area (Å²) in [7, 11) is 1.56. The van der Waals surface area contributed by atoms with Crippen molar-refractivity contribution in [3.63, 3.8) is 0 Å². The summed E-state index contributed by atoms with van der Waals surface area (Å²) in [5.41, 5.74) is 0.681. The van der Waals surface area contributed by atoms with Crippen LogP contribution in [0.2, 0.25) is 0 Å². The highest BCUT2D eigenvalue weighted by Gasteiger charge is 2.01. The molecule has 0 bridgehead atoms. The smallest absolute Gasteiger partial charge is 0.226 e. The first kappa shape index (κ1) is 11.1. The van der Waals surface area contributed by atoms with Gasteiger partial charge in [-0.1, -0.05) is 0 Å². The normalized spacial score (nSPS) is 9.86. The summed E-state index contributed by atoms with van der Waals surface area (Å²) >= 11 is 3.27. The van der Waals surface area contributed by atoms with E-state index in [4.69, 9.17) is 4.74 Å². The number of carbonyl (C=O) groups excluding carboxylic acids is 1. The lowest BCUT2D eigenvalue weighted by atomic mass is 10.3. The number of carbonyl (C=O) groups is 1. The molecule has 0 unspecified atom stereocenters. The number of amides is 1. The second-order valence-corrected chi connectivity index (χ2v) is 3.60. The molecule has 0 radical (unpaired) electrons. The molecular formula is C9H11BrN2O2. The zero-order valence-electron chi connectivity index (χ0n) is 7.79. The lowest BCUT2D eigenvalue weighted by Gasteiger charge is -2.04. The summed E-state index contributed by atoms with van der Waals surface area (Å²) in [6.07, 6.45) is 3.60. The molecule has 76 valence electrons. The standard InChI is InChI=1S/C9H11BrN2O2/c1-14-3-2-9(13)12-8-4-7(10)5-11-6-8/h4-6H,2-3H2,1H3,(H,12,13). The molecule has 1 N–H and O–H groups in total. The minimum atomic E-state index is -0.0771. The van der Waals surface area contributed by atoms with Crippen molar-refractivity contribution >= 4 is 27.5 Å². The van der Waals surface area contributed by atoms with Crippen LogP contribution in [0.1, 0.15) is 6.42 Å². The molecule has 0 aliphatic carbocycles. The number of anilines is 1. The van der Waals surface area contributed by atoms with Gasteiger partial charge >= 0.3 is 0 Å². The molecule has 0 saturated heterocycles. The molecule has 1 heterocycles. The highest BCUT2D eigenvalue weighted by Crippen LogP contribution is 2.13. The number of hydrogen-bond donors (Lipinski definition) is 1. The van der Waals surface area contributed by atoms with E-state index in [0.29, 0.717) is 18.7 Å². The highest BCUT2D eigenvalue weighted by atomic mass is 79.9. The summed E-state index contributed by atoms with van der Waals surface area (Å²) in [5.74, 6) is -0.0771. The maximum absolute atomic E-state index is 11.2. The quantitative estimate of drug-likeness (QED) is 0.897. The Morgan fingerprint density at radius 1 is 1.64 bits per heavy atom. The third-order valence-corrected chi connectivity index (χ3v) is 1.96. The lowest BCUT2D eigenvalue weighted by molar-refractivity contribution is -0.117. The molecule has 0 spiro atoms. The van der Waals surface area contributed by atoms with Crippen molar-refractivity contribution in [2.75, 3.05) is 19.0 Å². The Balaban J connectivity index is 2.47. The van der Waals surface area contributed by atoms with Crippen LogP contribution >= 0.6 is 15.9 Å². The van der Waals surface area contributed by atoms with Gasteiger partial charge in [-0.2, -0.15) is 0 Å². The van der Waals surface area contributed by atoms with Crippen molar-refractivity contribution in [1.29, 1.82) is 0 Å². The molecule has 5 heteroatoms. The number of nitrogens with one attached hydrogen (secondary N) is 1. The van der Waals surface area contributed by atoms with E-state index in [0.717, 1.165) is 4.47 Å². The zero-order chi connectivity index (χ0) is 10.4. The van der Waals surface area contributed by atoms with Crippen LogP contribution < -0.4 is 5.32 Å². The van der Waals surface area contributed by atoms with Gasteiger partial charge in [-0.15, -0.1) is 0 Å². The Morgan fingerprint density at radius 2 is 2.43 bits per heavy atom. The minimum Gasteiger partial charge on any atom is -0.384 e. The van der Waals surface area contributed by atoms with Crippen molar-refractivity contribution in [1.82, 2.24) is 4.98 Å². The van der Waals surface area contributed by atoms with Crippen LogP contribution in [0.15, 0.2) is 22.9 Å². The van der Waals surface area contributed by atoms with Crippen molar-refractivity contribution < 1.29 is 9.53 Å². The number of halogens is 1. The predicted octanol–water partition coefficient (Wildman–Crippen LogP) is 1.82. The molecule has 0 aliphatic heterocycles. The van der Waals surface area contributed by atoms with Crippen molar-refractivity contribution in [3.05, 3.63) is 22.9 Å². The van der Waals surface area contributed by atoms with E-state index in [1.807, 2.05) is 0 Å². The third kappa shape index (κ3) is 3.85. The van der Waals surface area contributed by atoms with Crippen LogP contribution in [0.4, 0.5) is 5.69 Å². The molecule has 0 aromatic carbocycles. The number of rotatable bonds is 4.